The van der Waals surface area contributed by atoms with Gasteiger partial charge >= 0.3 is 0 Å². The van der Waals surface area contributed by atoms with Gasteiger partial charge in [0.2, 0.25) is 11.8 Å². The molecule has 128 valence electrons. The van der Waals surface area contributed by atoms with E-state index in [-0.39, 0.29) is 28.9 Å². The Hall–Kier alpha value is -1.50. The highest BCUT2D eigenvalue weighted by Crippen LogP contribution is 2.24. The second-order valence-electron chi connectivity index (χ2n) is 6.20. The van der Waals surface area contributed by atoms with Crippen LogP contribution in [0.4, 0.5) is 5.82 Å². The number of anilines is 1. The van der Waals surface area contributed by atoms with Crippen LogP contribution in [0.15, 0.2) is 10.6 Å². The minimum absolute atomic E-state index is 0.00526. The summed E-state index contributed by atoms with van der Waals surface area (Å²) in [6, 6.07) is 1.94. The molecule has 1 aliphatic rings. The Morgan fingerprint density at radius 3 is 2.83 bits per heavy atom. The molecule has 1 aromatic heterocycles. The highest BCUT2D eigenvalue weighted by Gasteiger charge is 2.23. The molecule has 2 N–H and O–H groups in total. The van der Waals surface area contributed by atoms with E-state index in [4.69, 9.17) is 4.52 Å². The number of thioether (sulfide) groups is 1. The lowest BCUT2D eigenvalue weighted by atomic mass is 9.86. The number of nitrogens with zero attached hydrogens (tertiary/aromatic N) is 1. The number of hydrogen-bond donors (Lipinski definition) is 2. The zero-order valence-corrected chi connectivity index (χ0v) is 14.7. The van der Waals surface area contributed by atoms with Crippen LogP contribution in [0.3, 0.4) is 0 Å². The van der Waals surface area contributed by atoms with E-state index >= 15 is 0 Å². The van der Waals surface area contributed by atoms with E-state index in [1.54, 1.807) is 19.9 Å². The average molecular weight is 339 g/mol. The number of carbonyl (C=O) groups excluding carboxylic acids is 2. The Balaban J connectivity index is 1.71. The van der Waals surface area contributed by atoms with Crippen molar-refractivity contribution in [1.29, 1.82) is 0 Å². The third-order valence-electron chi connectivity index (χ3n) is 4.17. The lowest BCUT2D eigenvalue weighted by molar-refractivity contribution is -0.119. The fourth-order valence-electron chi connectivity index (χ4n) is 2.71. The van der Waals surface area contributed by atoms with E-state index in [1.165, 1.54) is 31.0 Å². The van der Waals surface area contributed by atoms with E-state index in [2.05, 4.69) is 22.7 Å². The number of carbonyl (C=O) groups is 2. The zero-order valence-electron chi connectivity index (χ0n) is 13.9. The van der Waals surface area contributed by atoms with Crippen LogP contribution in [-0.4, -0.2) is 34.0 Å². The summed E-state index contributed by atoms with van der Waals surface area (Å²) in [5, 5.41) is 9.17. The fourth-order valence-corrected chi connectivity index (χ4v) is 3.40. The molecule has 0 spiro atoms. The molecule has 1 saturated carbocycles. The zero-order chi connectivity index (χ0) is 16.8. The predicted octanol–water partition coefficient (Wildman–Crippen LogP) is 2.74. The van der Waals surface area contributed by atoms with Gasteiger partial charge < -0.3 is 15.2 Å². The summed E-state index contributed by atoms with van der Waals surface area (Å²) >= 11 is 1.33. The van der Waals surface area contributed by atoms with Crippen molar-refractivity contribution in [3.05, 3.63) is 11.8 Å². The van der Waals surface area contributed by atoms with E-state index in [0.717, 1.165) is 6.42 Å². The highest BCUT2D eigenvalue weighted by molar-refractivity contribution is 8.01. The van der Waals surface area contributed by atoms with Gasteiger partial charge in [-0.3, -0.25) is 9.59 Å². The highest BCUT2D eigenvalue weighted by atomic mass is 32.2. The monoisotopic (exact) mass is 339 g/mol. The average Bonchev–Trinajstić information content (AvgIpc) is 2.92. The van der Waals surface area contributed by atoms with Crippen molar-refractivity contribution in [2.75, 3.05) is 11.1 Å². The van der Waals surface area contributed by atoms with Crippen LogP contribution in [-0.2, 0) is 9.59 Å². The maximum atomic E-state index is 12.1. The second kappa shape index (κ2) is 8.38. The first-order chi connectivity index (χ1) is 11.0. The van der Waals surface area contributed by atoms with Gasteiger partial charge in [-0.1, -0.05) is 24.9 Å². The van der Waals surface area contributed by atoms with Crippen LogP contribution in [0.1, 0.15) is 45.3 Å². The van der Waals surface area contributed by atoms with Crippen molar-refractivity contribution in [2.45, 2.75) is 57.7 Å². The fraction of sp³-hybridized carbons (Fsp3) is 0.688. The molecule has 1 fully saturated rings. The topological polar surface area (TPSA) is 84.2 Å². The van der Waals surface area contributed by atoms with Gasteiger partial charge in [-0.2, -0.15) is 0 Å². The number of rotatable bonds is 6. The summed E-state index contributed by atoms with van der Waals surface area (Å²) in [5.41, 5.74) is 0. The minimum Gasteiger partial charge on any atom is -0.360 e. The molecule has 7 heteroatoms. The third kappa shape index (κ3) is 5.57. The lowest BCUT2D eigenvalue weighted by Crippen LogP contribution is -2.42. The minimum atomic E-state index is -0.332. The van der Waals surface area contributed by atoms with Gasteiger partial charge in [0.25, 0.3) is 0 Å². The summed E-state index contributed by atoms with van der Waals surface area (Å²) in [7, 11) is 0. The molecule has 1 heterocycles. The second-order valence-corrected chi connectivity index (χ2v) is 7.53. The molecule has 0 aromatic carbocycles. The van der Waals surface area contributed by atoms with Gasteiger partial charge in [0, 0.05) is 12.1 Å². The molecular weight excluding hydrogens is 314 g/mol. The summed E-state index contributed by atoms with van der Waals surface area (Å²) in [6.45, 7) is 5.73. The smallest absolute Gasteiger partial charge is 0.238 e. The molecule has 0 aliphatic heterocycles. The van der Waals surface area contributed by atoms with Gasteiger partial charge in [-0.25, -0.2) is 0 Å². The standard InChI is InChI=1S/C16H25N3O3S/c1-10-6-4-5-7-13(10)17-15(20)9-23-12(3)16(21)18-14-8-11(2)22-19-14/h8,10,12-13H,4-7,9H2,1-3H3,(H,17,20)(H,18,19,21). The van der Waals surface area contributed by atoms with Gasteiger partial charge in [-0.15, -0.1) is 11.8 Å². The summed E-state index contributed by atoms with van der Waals surface area (Å²) < 4.78 is 4.90. The molecule has 1 aromatic rings. The van der Waals surface area contributed by atoms with Crippen LogP contribution in [0.5, 0.6) is 0 Å². The largest absolute Gasteiger partial charge is 0.360 e. The lowest BCUT2D eigenvalue weighted by Gasteiger charge is -2.29. The van der Waals surface area contributed by atoms with Crippen molar-refractivity contribution in [2.24, 2.45) is 5.92 Å². The van der Waals surface area contributed by atoms with Gasteiger partial charge in [0.15, 0.2) is 5.82 Å². The third-order valence-corrected chi connectivity index (χ3v) is 5.31. The van der Waals surface area contributed by atoms with Crippen molar-refractivity contribution in [3.8, 4) is 0 Å². The molecule has 2 amide bonds. The number of hydrogen-bond acceptors (Lipinski definition) is 5. The molecule has 23 heavy (non-hydrogen) atoms. The number of aryl methyl sites for hydroxylation is 1. The quantitative estimate of drug-likeness (QED) is 0.832. The molecule has 0 radical (unpaired) electrons. The molecule has 2 rings (SSSR count). The first-order valence-electron chi connectivity index (χ1n) is 8.11. The molecule has 3 atom stereocenters. The SMILES string of the molecule is Cc1cc(NC(=O)C(C)SCC(=O)NC2CCCCC2C)no1. The molecule has 0 saturated heterocycles. The summed E-state index contributed by atoms with van der Waals surface area (Å²) in [4.78, 5) is 24.1. The summed E-state index contributed by atoms with van der Waals surface area (Å²) in [6.07, 6.45) is 4.66. The summed E-state index contributed by atoms with van der Waals surface area (Å²) in [5.74, 6) is 1.69. The van der Waals surface area contributed by atoms with Crippen molar-refractivity contribution in [3.63, 3.8) is 0 Å². The Morgan fingerprint density at radius 2 is 2.17 bits per heavy atom. The predicted molar refractivity (Wildman–Crippen MR) is 91.4 cm³/mol. The van der Waals surface area contributed by atoms with Crippen molar-refractivity contribution >= 4 is 29.4 Å². The normalized spacial score (nSPS) is 22.4. The van der Waals surface area contributed by atoms with E-state index in [0.29, 0.717) is 17.5 Å². The Morgan fingerprint density at radius 1 is 1.43 bits per heavy atom. The first kappa shape index (κ1) is 17.8. The van der Waals surface area contributed by atoms with Crippen LogP contribution in [0.25, 0.3) is 0 Å². The molecule has 3 unspecified atom stereocenters. The number of nitrogens with one attached hydrogen (secondary N) is 2. The van der Waals surface area contributed by atoms with Gasteiger partial charge in [-0.05, 0) is 32.6 Å². The van der Waals surface area contributed by atoms with Crippen molar-refractivity contribution in [1.82, 2.24) is 10.5 Å². The Labute approximate surface area is 141 Å². The van der Waals surface area contributed by atoms with Crippen LogP contribution in [0.2, 0.25) is 0 Å². The van der Waals surface area contributed by atoms with Crippen LogP contribution < -0.4 is 10.6 Å². The molecular formula is C16H25N3O3S. The Kier molecular flexibility index (Phi) is 6.50. The van der Waals surface area contributed by atoms with Crippen LogP contribution in [0, 0.1) is 12.8 Å². The molecule has 6 nitrogen and oxygen atoms in total. The van der Waals surface area contributed by atoms with Gasteiger partial charge in [0.05, 0.1) is 11.0 Å². The maximum absolute atomic E-state index is 12.1. The molecule has 1 aliphatic carbocycles. The maximum Gasteiger partial charge on any atom is 0.238 e. The van der Waals surface area contributed by atoms with E-state index in [1.807, 2.05) is 0 Å². The number of aromatic nitrogens is 1. The van der Waals surface area contributed by atoms with E-state index in [9.17, 15) is 9.59 Å². The van der Waals surface area contributed by atoms with E-state index < -0.39 is 0 Å². The van der Waals surface area contributed by atoms with Crippen LogP contribution >= 0.6 is 11.8 Å². The first-order valence-corrected chi connectivity index (χ1v) is 9.15. The molecule has 0 bridgehead atoms. The number of amides is 2. The Bertz CT molecular complexity index is 546. The van der Waals surface area contributed by atoms with Gasteiger partial charge in [0.1, 0.15) is 5.76 Å². The van der Waals surface area contributed by atoms with Crippen molar-refractivity contribution < 1.29 is 14.1 Å².